The first-order valence-corrected chi connectivity index (χ1v) is 14.6. The molecule has 0 aromatic carbocycles. The van der Waals surface area contributed by atoms with Crippen molar-refractivity contribution in [2.45, 2.75) is 93.9 Å². The monoisotopic (exact) mass is 519 g/mol. The van der Waals surface area contributed by atoms with Gasteiger partial charge in [-0.05, 0) is 84.5 Å². The van der Waals surface area contributed by atoms with Crippen molar-refractivity contribution < 1.29 is 19.5 Å². The molecule has 5 aliphatic carbocycles. The van der Waals surface area contributed by atoms with E-state index in [4.69, 9.17) is 0 Å². The minimum atomic E-state index is -0.732. The van der Waals surface area contributed by atoms with Crippen LogP contribution in [0.25, 0.3) is 0 Å². The molecule has 206 valence electrons. The minimum Gasteiger partial charge on any atom is -0.481 e. The van der Waals surface area contributed by atoms with Crippen molar-refractivity contribution >= 4 is 17.5 Å². The lowest BCUT2D eigenvalue weighted by molar-refractivity contribution is -0.166. The number of hydrogen-bond acceptors (Lipinski definition) is 4. The molecule has 0 aliphatic heterocycles. The number of aliphatic carboxylic acids is 1. The van der Waals surface area contributed by atoms with Crippen LogP contribution in [0.2, 0.25) is 0 Å². The van der Waals surface area contributed by atoms with Crippen LogP contribution < -0.4 is 0 Å². The zero-order chi connectivity index (χ0) is 28.2. The third-order valence-electron chi connectivity index (χ3n) is 12.8. The van der Waals surface area contributed by atoms with E-state index in [0.717, 1.165) is 44.1 Å². The number of hydrogen-bond donors (Lipinski definition) is 1. The molecule has 0 amide bonds. The average molecular weight is 520 g/mol. The third-order valence-corrected chi connectivity index (χ3v) is 12.8. The van der Waals surface area contributed by atoms with Crippen LogP contribution in [0, 0.1) is 73.9 Å². The number of allylic oxidation sites excluding steroid dienone is 4. The van der Waals surface area contributed by atoms with Gasteiger partial charge in [-0.15, -0.1) is 0 Å². The third kappa shape index (κ3) is 3.37. The maximum absolute atomic E-state index is 14.4. The molecule has 3 fully saturated rings. The Hall–Kier alpha value is -2.22. The highest BCUT2D eigenvalue weighted by atomic mass is 16.4. The summed E-state index contributed by atoms with van der Waals surface area (Å²) in [4.78, 5) is 39.7. The Morgan fingerprint density at radius 3 is 2.29 bits per heavy atom. The molecule has 5 rings (SSSR count). The van der Waals surface area contributed by atoms with Crippen LogP contribution in [0.3, 0.4) is 0 Å². The predicted octanol–water partition coefficient (Wildman–Crippen LogP) is 6.78. The SMILES string of the molecule is CC(C(=O)O)[C@@H]1CC(C)(C)C[C@H]2[C@H]1CC[C@]1(C)[C@@H]2C(=O)C=C2[C@@]3(C)C=C(C#N)C(=O)C(C)(C)[C@@H]3CC[C@]21C. The summed E-state index contributed by atoms with van der Waals surface area (Å²) in [5.41, 5.74) is -0.347. The molecule has 0 bridgehead atoms. The topological polar surface area (TPSA) is 95.2 Å². The molecule has 38 heavy (non-hydrogen) atoms. The smallest absolute Gasteiger partial charge is 0.306 e. The largest absolute Gasteiger partial charge is 0.481 e. The molecule has 5 aliphatic rings. The first kappa shape index (κ1) is 27.4. The van der Waals surface area contributed by atoms with E-state index in [0.29, 0.717) is 0 Å². The number of carboxylic acids is 1. The fraction of sp³-hybridized carbons (Fsp3) is 0.758. The maximum atomic E-state index is 14.4. The van der Waals surface area contributed by atoms with Gasteiger partial charge >= 0.3 is 5.97 Å². The van der Waals surface area contributed by atoms with Gasteiger partial charge in [0.1, 0.15) is 6.07 Å². The highest BCUT2D eigenvalue weighted by Crippen LogP contribution is 2.73. The Balaban J connectivity index is 1.65. The molecule has 0 aromatic rings. The van der Waals surface area contributed by atoms with Gasteiger partial charge in [0.15, 0.2) is 11.6 Å². The van der Waals surface area contributed by atoms with Crippen molar-refractivity contribution in [3.63, 3.8) is 0 Å². The second-order valence-electron chi connectivity index (χ2n) is 15.5. The van der Waals surface area contributed by atoms with Crippen LogP contribution in [0.1, 0.15) is 93.9 Å². The molecule has 0 spiro atoms. The van der Waals surface area contributed by atoms with Gasteiger partial charge in [0.05, 0.1) is 11.5 Å². The van der Waals surface area contributed by atoms with Gasteiger partial charge in [-0.25, -0.2) is 0 Å². The van der Waals surface area contributed by atoms with Gasteiger partial charge in [-0.1, -0.05) is 67.0 Å². The number of nitrogens with zero attached hydrogens (tertiary/aromatic N) is 1. The maximum Gasteiger partial charge on any atom is 0.306 e. The number of fused-ring (bicyclic) bond motifs is 7. The highest BCUT2D eigenvalue weighted by Gasteiger charge is 2.68. The summed E-state index contributed by atoms with van der Waals surface area (Å²) in [6, 6.07) is 2.17. The zero-order valence-corrected chi connectivity index (χ0v) is 24.5. The Morgan fingerprint density at radius 2 is 1.68 bits per heavy atom. The highest BCUT2D eigenvalue weighted by molar-refractivity contribution is 6.04. The van der Waals surface area contributed by atoms with Crippen LogP contribution in [-0.4, -0.2) is 22.6 Å². The molecule has 0 heterocycles. The molecule has 5 nitrogen and oxygen atoms in total. The molecular weight excluding hydrogens is 474 g/mol. The van der Waals surface area contributed by atoms with E-state index in [-0.39, 0.29) is 63.0 Å². The van der Waals surface area contributed by atoms with E-state index in [1.807, 2.05) is 32.9 Å². The van der Waals surface area contributed by atoms with Crippen LogP contribution in [0.15, 0.2) is 23.3 Å². The summed E-state index contributed by atoms with van der Waals surface area (Å²) in [7, 11) is 0. The van der Waals surface area contributed by atoms with E-state index in [1.165, 1.54) is 0 Å². The van der Waals surface area contributed by atoms with E-state index < -0.39 is 22.7 Å². The quantitative estimate of drug-likeness (QED) is 0.434. The number of ketones is 2. The standard InChI is InChI=1S/C33H45NO4/c1-18(28(37)38)21-15-29(2,3)16-22-20(21)9-11-33(8)26(22)23(35)13-25-31(6)14-19(17-34)27(36)30(4,5)24(31)10-12-32(25,33)7/h13-14,18,20-22,24,26H,9-12,15-16H2,1-8H3,(H,37,38)/t18?,20-,21-,22-,24-,26-,31-,32+,33+/m0/s1. The predicted molar refractivity (Wildman–Crippen MR) is 146 cm³/mol. The molecule has 1 N–H and O–H groups in total. The van der Waals surface area contributed by atoms with E-state index in [9.17, 15) is 24.8 Å². The lowest BCUT2D eigenvalue weighted by atomic mass is 9.35. The molecule has 3 saturated carbocycles. The fourth-order valence-electron chi connectivity index (χ4n) is 10.8. The second-order valence-corrected chi connectivity index (χ2v) is 15.5. The first-order valence-electron chi connectivity index (χ1n) is 14.6. The molecular formula is C33H45NO4. The Kier molecular flexibility index (Phi) is 5.87. The average Bonchev–Trinajstić information content (AvgIpc) is 2.81. The molecule has 0 radical (unpaired) electrons. The van der Waals surface area contributed by atoms with E-state index >= 15 is 0 Å². The van der Waals surface area contributed by atoms with Gasteiger partial charge in [0.2, 0.25) is 0 Å². The molecule has 1 unspecified atom stereocenters. The van der Waals surface area contributed by atoms with Crippen molar-refractivity contribution in [3.05, 3.63) is 23.3 Å². The van der Waals surface area contributed by atoms with Crippen molar-refractivity contribution in [1.29, 1.82) is 5.26 Å². The van der Waals surface area contributed by atoms with Crippen LogP contribution in [-0.2, 0) is 14.4 Å². The van der Waals surface area contributed by atoms with Gasteiger partial charge in [0, 0.05) is 16.7 Å². The Morgan fingerprint density at radius 1 is 1.03 bits per heavy atom. The Labute approximate surface area is 228 Å². The summed E-state index contributed by atoms with van der Waals surface area (Å²) in [6.45, 7) is 17.1. The van der Waals surface area contributed by atoms with Gasteiger partial charge in [-0.2, -0.15) is 5.26 Å². The first-order chi connectivity index (χ1) is 17.4. The van der Waals surface area contributed by atoms with Crippen molar-refractivity contribution in [1.82, 2.24) is 0 Å². The summed E-state index contributed by atoms with van der Waals surface area (Å²) in [5, 5.41) is 19.8. The normalized spacial score (nSPS) is 45.7. The number of Topliss-reactive ketones (excluding diaryl/α,β-unsaturated/α-hetero) is 1. The summed E-state index contributed by atoms with van der Waals surface area (Å²) >= 11 is 0. The number of carbonyl (C=O) groups is 3. The fourth-order valence-corrected chi connectivity index (χ4v) is 10.8. The summed E-state index contributed by atoms with van der Waals surface area (Å²) in [6.07, 6.45) is 9.32. The number of carbonyl (C=O) groups excluding carboxylic acids is 2. The van der Waals surface area contributed by atoms with Crippen molar-refractivity contribution in [2.75, 3.05) is 0 Å². The molecule has 5 heteroatoms. The van der Waals surface area contributed by atoms with E-state index in [2.05, 4.69) is 40.7 Å². The molecule has 9 atom stereocenters. The lowest BCUT2D eigenvalue weighted by Gasteiger charge is -2.68. The van der Waals surface area contributed by atoms with Crippen molar-refractivity contribution in [2.24, 2.45) is 62.6 Å². The molecule has 0 aromatic heterocycles. The summed E-state index contributed by atoms with van der Waals surface area (Å²) < 4.78 is 0. The number of rotatable bonds is 2. The zero-order valence-electron chi connectivity index (χ0n) is 24.5. The minimum absolute atomic E-state index is 0.0131. The van der Waals surface area contributed by atoms with Crippen molar-refractivity contribution in [3.8, 4) is 6.07 Å². The van der Waals surface area contributed by atoms with Gasteiger partial charge in [0.25, 0.3) is 0 Å². The number of nitriles is 1. The number of carboxylic acid groups (broad SMARTS) is 1. The van der Waals surface area contributed by atoms with Gasteiger partial charge in [-0.3, -0.25) is 14.4 Å². The lowest BCUT2D eigenvalue weighted by Crippen LogP contribution is -2.64. The second kappa shape index (κ2) is 8.15. The van der Waals surface area contributed by atoms with Crippen LogP contribution in [0.5, 0.6) is 0 Å². The van der Waals surface area contributed by atoms with Crippen LogP contribution >= 0.6 is 0 Å². The van der Waals surface area contributed by atoms with Gasteiger partial charge < -0.3 is 5.11 Å². The Bertz CT molecular complexity index is 1220. The van der Waals surface area contributed by atoms with E-state index in [1.54, 1.807) is 0 Å². The summed E-state index contributed by atoms with van der Waals surface area (Å²) in [5.74, 6) is -0.643. The molecule has 0 saturated heterocycles. The van der Waals surface area contributed by atoms with Crippen LogP contribution in [0.4, 0.5) is 0 Å².